The van der Waals surface area contributed by atoms with Crippen LogP contribution >= 0.6 is 11.3 Å². The number of nitro groups is 1. The molecule has 2 aromatic carbocycles. The number of rotatable bonds is 5. The first-order valence-corrected chi connectivity index (χ1v) is 11.4. The van der Waals surface area contributed by atoms with Crippen LogP contribution in [0.3, 0.4) is 0 Å². The molecule has 2 amide bonds. The second-order valence-electron chi connectivity index (χ2n) is 7.84. The van der Waals surface area contributed by atoms with Gasteiger partial charge in [-0.1, -0.05) is 0 Å². The molecule has 1 saturated heterocycles. The molecule has 0 atom stereocenters. The van der Waals surface area contributed by atoms with E-state index in [2.05, 4.69) is 10.3 Å². The molecule has 0 unspecified atom stereocenters. The molecule has 2 heterocycles. The van der Waals surface area contributed by atoms with E-state index in [9.17, 15) is 24.1 Å². The van der Waals surface area contributed by atoms with Gasteiger partial charge in [0.1, 0.15) is 11.5 Å². The van der Waals surface area contributed by atoms with Crippen molar-refractivity contribution in [3.63, 3.8) is 0 Å². The number of nitro benzene ring substituents is 1. The first-order chi connectivity index (χ1) is 16.2. The maximum absolute atomic E-state index is 13.2. The van der Waals surface area contributed by atoms with Crippen molar-refractivity contribution >= 4 is 39.7 Å². The molecule has 1 aliphatic rings. The van der Waals surface area contributed by atoms with Crippen LogP contribution < -0.4 is 10.2 Å². The summed E-state index contributed by atoms with van der Waals surface area (Å²) in [5.41, 5.74) is 1.72. The molecule has 1 aromatic heterocycles. The molecule has 0 bridgehead atoms. The van der Waals surface area contributed by atoms with Crippen molar-refractivity contribution in [3.8, 4) is 11.3 Å². The third kappa shape index (κ3) is 4.88. The zero-order chi connectivity index (χ0) is 24.4. The highest BCUT2D eigenvalue weighted by Crippen LogP contribution is 2.32. The highest BCUT2D eigenvalue weighted by atomic mass is 32.1. The van der Waals surface area contributed by atoms with Gasteiger partial charge in [-0.05, 0) is 43.3 Å². The standard InChI is InChI=1S/C23H22FN5O4S/c1-14-21(16-3-6-18(24)7-4-16)25-23(34-14)26-22(31)17-5-8-19(20(13-17)29(32)33)28-11-9-27(10-12-28)15(2)30/h3-8,13H,9-12H2,1-2H3,(H,25,26,31). The maximum Gasteiger partial charge on any atom is 0.293 e. The summed E-state index contributed by atoms with van der Waals surface area (Å²) in [6, 6.07) is 10.3. The van der Waals surface area contributed by atoms with Crippen LogP contribution in [-0.4, -0.2) is 52.8 Å². The number of benzene rings is 2. The van der Waals surface area contributed by atoms with Crippen LogP contribution in [0.25, 0.3) is 11.3 Å². The molecule has 3 aromatic rings. The fraction of sp³-hybridized carbons (Fsp3) is 0.261. The minimum atomic E-state index is -0.518. The van der Waals surface area contributed by atoms with Crippen LogP contribution in [0.4, 0.5) is 20.9 Å². The van der Waals surface area contributed by atoms with Gasteiger partial charge in [0.05, 0.1) is 10.6 Å². The summed E-state index contributed by atoms with van der Waals surface area (Å²) in [7, 11) is 0. The quantitative estimate of drug-likeness (QED) is 0.433. The summed E-state index contributed by atoms with van der Waals surface area (Å²) < 4.78 is 13.2. The van der Waals surface area contributed by atoms with Crippen LogP contribution in [0, 0.1) is 22.9 Å². The SMILES string of the molecule is CC(=O)N1CCN(c2ccc(C(=O)Nc3nc(-c4ccc(F)cc4)c(C)s3)cc2[N+](=O)[O-])CC1. The molecular formula is C23H22FN5O4S. The molecule has 34 heavy (non-hydrogen) atoms. The van der Waals surface area contributed by atoms with Gasteiger partial charge >= 0.3 is 0 Å². The normalized spacial score (nSPS) is 13.6. The van der Waals surface area contributed by atoms with Crippen LogP contribution in [0.2, 0.25) is 0 Å². The van der Waals surface area contributed by atoms with E-state index in [1.807, 2.05) is 11.8 Å². The Kier molecular flexibility index (Phi) is 6.55. The molecule has 11 heteroatoms. The van der Waals surface area contributed by atoms with E-state index in [1.165, 1.54) is 42.5 Å². The molecule has 0 aliphatic carbocycles. The van der Waals surface area contributed by atoms with E-state index >= 15 is 0 Å². The molecule has 1 N–H and O–H groups in total. The molecule has 9 nitrogen and oxygen atoms in total. The lowest BCUT2D eigenvalue weighted by molar-refractivity contribution is -0.384. The van der Waals surface area contributed by atoms with Crippen molar-refractivity contribution in [2.45, 2.75) is 13.8 Å². The van der Waals surface area contributed by atoms with Gasteiger partial charge in [-0.25, -0.2) is 9.37 Å². The summed E-state index contributed by atoms with van der Waals surface area (Å²) in [5.74, 6) is -0.896. The Morgan fingerprint density at radius 1 is 1.12 bits per heavy atom. The van der Waals surface area contributed by atoms with Gasteiger partial charge in [0.25, 0.3) is 11.6 Å². The van der Waals surface area contributed by atoms with E-state index in [4.69, 9.17) is 0 Å². The molecular weight excluding hydrogens is 461 g/mol. The summed E-state index contributed by atoms with van der Waals surface area (Å²) in [6.45, 7) is 5.24. The number of amides is 2. The van der Waals surface area contributed by atoms with Crippen LogP contribution in [0.15, 0.2) is 42.5 Å². The molecule has 1 aliphatic heterocycles. The van der Waals surface area contributed by atoms with Gasteiger partial charge in [-0.2, -0.15) is 0 Å². The minimum Gasteiger partial charge on any atom is -0.362 e. The predicted molar refractivity (Wildman–Crippen MR) is 128 cm³/mol. The number of carbonyl (C=O) groups is 2. The Balaban J connectivity index is 1.52. The minimum absolute atomic E-state index is 0.0267. The summed E-state index contributed by atoms with van der Waals surface area (Å²) in [6.07, 6.45) is 0. The number of anilines is 2. The Hall–Kier alpha value is -3.86. The molecule has 4 rings (SSSR count). The Labute approximate surface area is 199 Å². The highest BCUT2D eigenvalue weighted by Gasteiger charge is 2.26. The van der Waals surface area contributed by atoms with Crippen molar-refractivity contribution in [3.05, 3.63) is 68.8 Å². The molecule has 0 radical (unpaired) electrons. The smallest absolute Gasteiger partial charge is 0.293 e. The third-order valence-corrected chi connectivity index (χ3v) is 6.52. The van der Waals surface area contributed by atoms with E-state index in [-0.39, 0.29) is 23.0 Å². The number of thiazole rings is 1. The average Bonchev–Trinajstić information content (AvgIpc) is 3.18. The summed E-state index contributed by atoms with van der Waals surface area (Å²) in [5, 5.41) is 14.8. The summed E-state index contributed by atoms with van der Waals surface area (Å²) in [4.78, 5) is 44.4. The fourth-order valence-electron chi connectivity index (χ4n) is 3.84. The number of halogens is 1. The lowest BCUT2D eigenvalue weighted by Crippen LogP contribution is -2.48. The number of hydrogen-bond acceptors (Lipinski definition) is 7. The van der Waals surface area contributed by atoms with Gasteiger partial charge in [0.2, 0.25) is 5.91 Å². The second-order valence-corrected chi connectivity index (χ2v) is 9.04. The van der Waals surface area contributed by atoms with Gasteiger partial charge in [-0.15, -0.1) is 11.3 Å². The van der Waals surface area contributed by atoms with E-state index < -0.39 is 10.8 Å². The zero-order valence-corrected chi connectivity index (χ0v) is 19.4. The van der Waals surface area contributed by atoms with E-state index in [0.29, 0.717) is 42.7 Å². The number of aryl methyl sites for hydroxylation is 1. The Morgan fingerprint density at radius 3 is 2.41 bits per heavy atom. The van der Waals surface area contributed by atoms with E-state index in [1.54, 1.807) is 23.1 Å². The van der Waals surface area contributed by atoms with Gasteiger partial charge in [-0.3, -0.25) is 25.0 Å². The number of carbonyl (C=O) groups excluding carboxylic acids is 2. The van der Waals surface area contributed by atoms with Crippen LogP contribution in [-0.2, 0) is 4.79 Å². The van der Waals surface area contributed by atoms with Gasteiger partial charge < -0.3 is 9.80 Å². The van der Waals surface area contributed by atoms with Crippen LogP contribution in [0.5, 0.6) is 0 Å². The van der Waals surface area contributed by atoms with Crippen molar-refractivity contribution in [1.82, 2.24) is 9.88 Å². The predicted octanol–water partition coefficient (Wildman–Crippen LogP) is 4.09. The van der Waals surface area contributed by atoms with Crippen molar-refractivity contribution in [2.24, 2.45) is 0 Å². The average molecular weight is 484 g/mol. The van der Waals surface area contributed by atoms with Gasteiger partial charge in [0, 0.05) is 55.2 Å². The number of nitrogens with one attached hydrogen (secondary N) is 1. The fourth-order valence-corrected chi connectivity index (χ4v) is 4.67. The molecule has 176 valence electrons. The van der Waals surface area contributed by atoms with E-state index in [0.717, 1.165) is 10.4 Å². The first-order valence-electron chi connectivity index (χ1n) is 10.6. The largest absolute Gasteiger partial charge is 0.362 e. The number of piperazine rings is 1. The van der Waals surface area contributed by atoms with Crippen molar-refractivity contribution < 1.29 is 18.9 Å². The maximum atomic E-state index is 13.2. The third-order valence-electron chi connectivity index (χ3n) is 5.63. The molecule has 0 saturated carbocycles. The number of hydrogen-bond donors (Lipinski definition) is 1. The van der Waals surface area contributed by atoms with Crippen molar-refractivity contribution in [2.75, 3.05) is 36.4 Å². The Morgan fingerprint density at radius 2 is 1.79 bits per heavy atom. The lowest BCUT2D eigenvalue weighted by Gasteiger charge is -2.35. The van der Waals surface area contributed by atoms with Gasteiger partial charge in [0.15, 0.2) is 5.13 Å². The van der Waals surface area contributed by atoms with Crippen molar-refractivity contribution in [1.29, 1.82) is 0 Å². The molecule has 0 spiro atoms. The monoisotopic (exact) mass is 483 g/mol. The lowest BCUT2D eigenvalue weighted by atomic mass is 10.1. The first kappa shape index (κ1) is 23.3. The Bertz CT molecular complexity index is 1250. The topological polar surface area (TPSA) is 109 Å². The highest BCUT2D eigenvalue weighted by molar-refractivity contribution is 7.16. The molecule has 1 fully saturated rings. The zero-order valence-electron chi connectivity index (χ0n) is 18.6. The number of nitrogens with zero attached hydrogens (tertiary/aromatic N) is 4. The number of aromatic nitrogens is 1. The van der Waals surface area contributed by atoms with Crippen LogP contribution in [0.1, 0.15) is 22.2 Å². The second kappa shape index (κ2) is 9.56. The summed E-state index contributed by atoms with van der Waals surface area (Å²) >= 11 is 1.26.